The lowest BCUT2D eigenvalue weighted by atomic mass is 10.1. The first kappa shape index (κ1) is 11.6. The fraction of sp³-hybridized carbons (Fsp3) is 0.250. The number of hydrogen-bond donors (Lipinski definition) is 1. The van der Waals surface area contributed by atoms with E-state index in [-0.39, 0.29) is 5.56 Å². The van der Waals surface area contributed by atoms with E-state index >= 15 is 0 Å². The quantitative estimate of drug-likeness (QED) is 0.872. The highest BCUT2D eigenvalue weighted by atomic mass is 19.2. The molecule has 0 amide bonds. The predicted molar refractivity (Wildman–Crippen MR) is 61.5 cm³/mol. The van der Waals surface area contributed by atoms with Gasteiger partial charge in [0.15, 0.2) is 11.6 Å². The number of nitrogens with zero attached hydrogens (tertiary/aromatic N) is 2. The van der Waals surface area contributed by atoms with Crippen molar-refractivity contribution in [1.82, 2.24) is 9.78 Å². The first-order valence-corrected chi connectivity index (χ1v) is 5.26. The van der Waals surface area contributed by atoms with E-state index < -0.39 is 17.7 Å². The van der Waals surface area contributed by atoms with Gasteiger partial charge in [-0.05, 0) is 19.9 Å². The predicted octanol–water partition coefficient (Wildman–Crippen LogP) is 2.66. The average molecular weight is 237 g/mol. The van der Waals surface area contributed by atoms with Gasteiger partial charge in [0.05, 0.1) is 11.7 Å². The molecule has 2 N–H and O–H groups in total. The van der Waals surface area contributed by atoms with Crippen molar-refractivity contribution in [1.29, 1.82) is 0 Å². The molecule has 1 heterocycles. The minimum absolute atomic E-state index is 0.236. The van der Waals surface area contributed by atoms with Crippen molar-refractivity contribution < 1.29 is 8.78 Å². The Morgan fingerprint density at radius 3 is 2.65 bits per heavy atom. The smallest absolute Gasteiger partial charge is 0.164 e. The zero-order chi connectivity index (χ0) is 12.6. The number of nitrogens with two attached hydrogens (primary N) is 1. The Morgan fingerprint density at radius 2 is 2.06 bits per heavy atom. The second-order valence-electron chi connectivity index (χ2n) is 3.97. The topological polar surface area (TPSA) is 43.8 Å². The lowest BCUT2D eigenvalue weighted by Crippen LogP contribution is -2.13. The summed E-state index contributed by atoms with van der Waals surface area (Å²) in [5.41, 5.74) is 6.73. The first-order valence-electron chi connectivity index (χ1n) is 5.26. The van der Waals surface area contributed by atoms with Crippen molar-refractivity contribution in [2.75, 3.05) is 5.73 Å². The third kappa shape index (κ3) is 2.00. The summed E-state index contributed by atoms with van der Waals surface area (Å²) in [7, 11) is 0. The summed E-state index contributed by atoms with van der Waals surface area (Å²) < 4.78 is 28.2. The molecule has 2 rings (SSSR count). The van der Waals surface area contributed by atoms with Gasteiger partial charge in [-0.25, -0.2) is 13.5 Å². The fourth-order valence-corrected chi connectivity index (χ4v) is 1.82. The van der Waals surface area contributed by atoms with Gasteiger partial charge in [0.1, 0.15) is 5.82 Å². The third-order valence-electron chi connectivity index (χ3n) is 2.69. The van der Waals surface area contributed by atoms with E-state index in [1.165, 1.54) is 16.8 Å². The van der Waals surface area contributed by atoms with Gasteiger partial charge < -0.3 is 5.73 Å². The highest BCUT2D eigenvalue weighted by Gasteiger charge is 2.18. The Bertz CT molecular complexity index is 549. The van der Waals surface area contributed by atoms with Gasteiger partial charge in [-0.3, -0.25) is 0 Å². The van der Waals surface area contributed by atoms with Crippen molar-refractivity contribution in [3.8, 4) is 0 Å². The van der Waals surface area contributed by atoms with E-state index in [9.17, 15) is 8.78 Å². The number of halogens is 2. The van der Waals surface area contributed by atoms with Crippen molar-refractivity contribution in [3.05, 3.63) is 47.2 Å². The molecule has 0 radical (unpaired) electrons. The van der Waals surface area contributed by atoms with Crippen LogP contribution in [0.15, 0.2) is 24.3 Å². The van der Waals surface area contributed by atoms with Crippen molar-refractivity contribution in [2.24, 2.45) is 0 Å². The SMILES string of the molecule is Cc1cc(N)n(C(C)c2cccc(F)c2F)n1. The molecule has 5 heteroatoms. The highest BCUT2D eigenvalue weighted by Crippen LogP contribution is 2.24. The molecule has 0 spiro atoms. The lowest BCUT2D eigenvalue weighted by Gasteiger charge is -2.15. The summed E-state index contributed by atoms with van der Waals surface area (Å²) in [5, 5.41) is 4.16. The number of anilines is 1. The van der Waals surface area contributed by atoms with Crippen LogP contribution in [0, 0.1) is 18.6 Å². The van der Waals surface area contributed by atoms with Crippen molar-refractivity contribution in [3.63, 3.8) is 0 Å². The van der Waals surface area contributed by atoms with Crippen LogP contribution in [0.2, 0.25) is 0 Å². The third-order valence-corrected chi connectivity index (χ3v) is 2.69. The highest BCUT2D eigenvalue weighted by molar-refractivity contribution is 5.33. The molecule has 2 aromatic rings. The lowest BCUT2D eigenvalue weighted by molar-refractivity contribution is 0.471. The van der Waals surface area contributed by atoms with Crippen LogP contribution in [0.1, 0.15) is 24.2 Å². The molecule has 0 aliphatic heterocycles. The molecule has 1 unspecified atom stereocenters. The first-order chi connectivity index (χ1) is 8.00. The number of nitrogen functional groups attached to an aromatic ring is 1. The van der Waals surface area contributed by atoms with E-state index in [2.05, 4.69) is 5.10 Å². The Hall–Kier alpha value is -1.91. The maximum Gasteiger partial charge on any atom is 0.164 e. The van der Waals surface area contributed by atoms with Gasteiger partial charge in [0.2, 0.25) is 0 Å². The van der Waals surface area contributed by atoms with Crippen molar-refractivity contribution in [2.45, 2.75) is 19.9 Å². The van der Waals surface area contributed by atoms with Crippen LogP contribution in [0.4, 0.5) is 14.6 Å². The summed E-state index contributed by atoms with van der Waals surface area (Å²) in [5.74, 6) is -1.29. The van der Waals surface area contributed by atoms with Gasteiger partial charge in [-0.2, -0.15) is 5.10 Å². The molecule has 0 aliphatic carbocycles. The molecule has 0 saturated heterocycles. The number of hydrogen-bond acceptors (Lipinski definition) is 2. The molecular formula is C12H13F2N3. The second kappa shape index (κ2) is 4.16. The Labute approximate surface area is 97.9 Å². The van der Waals surface area contributed by atoms with E-state index in [0.717, 1.165) is 11.8 Å². The minimum atomic E-state index is -0.864. The van der Waals surface area contributed by atoms with Crippen LogP contribution in [0.25, 0.3) is 0 Å². The summed E-state index contributed by atoms with van der Waals surface area (Å²) in [6.45, 7) is 3.52. The van der Waals surface area contributed by atoms with Crippen LogP contribution in [-0.4, -0.2) is 9.78 Å². The summed E-state index contributed by atoms with van der Waals surface area (Å²) >= 11 is 0. The van der Waals surface area contributed by atoms with Gasteiger partial charge in [-0.1, -0.05) is 12.1 Å². The molecule has 3 nitrogen and oxygen atoms in total. The molecular weight excluding hydrogens is 224 g/mol. The second-order valence-corrected chi connectivity index (χ2v) is 3.97. The van der Waals surface area contributed by atoms with Gasteiger partial charge >= 0.3 is 0 Å². The van der Waals surface area contributed by atoms with E-state index in [1.807, 2.05) is 0 Å². The van der Waals surface area contributed by atoms with Gasteiger partial charge in [-0.15, -0.1) is 0 Å². The van der Waals surface area contributed by atoms with Crippen LogP contribution in [-0.2, 0) is 0 Å². The standard InChI is InChI=1S/C12H13F2N3/c1-7-6-11(15)17(16-7)8(2)9-4-3-5-10(13)12(9)14/h3-6,8H,15H2,1-2H3. The van der Waals surface area contributed by atoms with Crippen molar-refractivity contribution >= 4 is 5.82 Å². The fourth-order valence-electron chi connectivity index (χ4n) is 1.82. The number of aromatic nitrogens is 2. The van der Waals surface area contributed by atoms with E-state index in [0.29, 0.717) is 5.82 Å². The molecule has 0 aliphatic rings. The van der Waals surface area contributed by atoms with Gasteiger partial charge in [0.25, 0.3) is 0 Å². The van der Waals surface area contributed by atoms with Crippen LogP contribution in [0.5, 0.6) is 0 Å². The van der Waals surface area contributed by atoms with Crippen LogP contribution < -0.4 is 5.73 Å². The average Bonchev–Trinajstić information content (AvgIpc) is 2.61. The number of aryl methyl sites for hydroxylation is 1. The molecule has 0 bridgehead atoms. The largest absolute Gasteiger partial charge is 0.384 e. The number of rotatable bonds is 2. The summed E-state index contributed by atoms with van der Waals surface area (Å²) in [6.07, 6.45) is 0. The maximum absolute atomic E-state index is 13.6. The Morgan fingerprint density at radius 1 is 1.35 bits per heavy atom. The zero-order valence-electron chi connectivity index (χ0n) is 9.61. The molecule has 0 fully saturated rings. The molecule has 1 atom stereocenters. The molecule has 17 heavy (non-hydrogen) atoms. The summed E-state index contributed by atoms with van der Waals surface area (Å²) in [6, 6.07) is 5.33. The molecule has 1 aromatic heterocycles. The van der Waals surface area contributed by atoms with E-state index in [1.54, 1.807) is 19.9 Å². The monoisotopic (exact) mass is 237 g/mol. The number of benzene rings is 1. The normalized spacial score (nSPS) is 12.7. The molecule has 0 saturated carbocycles. The van der Waals surface area contributed by atoms with Gasteiger partial charge in [0, 0.05) is 11.6 Å². The Balaban J connectivity index is 2.47. The molecule has 1 aromatic carbocycles. The minimum Gasteiger partial charge on any atom is -0.384 e. The van der Waals surface area contributed by atoms with Crippen LogP contribution in [0.3, 0.4) is 0 Å². The van der Waals surface area contributed by atoms with E-state index in [4.69, 9.17) is 5.73 Å². The Kier molecular flexibility index (Phi) is 2.83. The maximum atomic E-state index is 13.6. The summed E-state index contributed by atoms with van der Waals surface area (Å²) in [4.78, 5) is 0. The zero-order valence-corrected chi connectivity index (χ0v) is 9.61. The van der Waals surface area contributed by atoms with Crippen LogP contribution >= 0.6 is 0 Å². The molecule has 90 valence electrons.